The van der Waals surface area contributed by atoms with Crippen molar-refractivity contribution in [1.82, 2.24) is 5.32 Å². The van der Waals surface area contributed by atoms with E-state index in [1.807, 2.05) is 54.6 Å². The lowest BCUT2D eigenvalue weighted by Gasteiger charge is -2.09. The van der Waals surface area contributed by atoms with E-state index in [4.69, 9.17) is 9.47 Å². The summed E-state index contributed by atoms with van der Waals surface area (Å²) in [5, 5.41) is 3.06. The Morgan fingerprint density at radius 1 is 1.05 bits per heavy atom. The Kier molecular flexibility index (Phi) is 6.45. The molecule has 2 aromatic rings. The molecule has 0 aliphatic carbocycles. The SMILES string of the molecule is CCOC(=O)CNCc1cccc(OCc2ccccc2)c1. The van der Waals surface area contributed by atoms with Gasteiger partial charge in [0.15, 0.2) is 0 Å². The summed E-state index contributed by atoms with van der Waals surface area (Å²) in [6, 6.07) is 17.9. The molecule has 4 nitrogen and oxygen atoms in total. The highest BCUT2D eigenvalue weighted by atomic mass is 16.5. The summed E-state index contributed by atoms with van der Waals surface area (Å²) in [6.07, 6.45) is 0. The van der Waals surface area contributed by atoms with Crippen LogP contribution in [0.25, 0.3) is 0 Å². The van der Waals surface area contributed by atoms with Gasteiger partial charge >= 0.3 is 5.97 Å². The highest BCUT2D eigenvalue weighted by molar-refractivity contribution is 5.71. The Balaban J connectivity index is 1.81. The minimum absolute atomic E-state index is 0.211. The van der Waals surface area contributed by atoms with Crippen LogP contribution in [0.5, 0.6) is 5.75 Å². The predicted molar refractivity (Wildman–Crippen MR) is 85.6 cm³/mol. The Morgan fingerprint density at radius 2 is 1.82 bits per heavy atom. The van der Waals surface area contributed by atoms with Crippen LogP contribution in [-0.2, 0) is 22.7 Å². The first-order chi connectivity index (χ1) is 10.8. The molecule has 0 unspecified atom stereocenters. The third kappa shape index (κ3) is 5.58. The highest BCUT2D eigenvalue weighted by Gasteiger charge is 2.02. The number of carbonyl (C=O) groups is 1. The van der Waals surface area contributed by atoms with Crippen molar-refractivity contribution in [3.8, 4) is 5.75 Å². The lowest BCUT2D eigenvalue weighted by atomic mass is 10.2. The predicted octanol–water partition coefficient (Wildman–Crippen LogP) is 2.92. The van der Waals surface area contributed by atoms with Crippen LogP contribution in [0, 0.1) is 0 Å². The van der Waals surface area contributed by atoms with Crippen LogP contribution in [-0.4, -0.2) is 19.1 Å². The lowest BCUT2D eigenvalue weighted by Crippen LogP contribution is -2.24. The van der Waals surface area contributed by atoms with Gasteiger partial charge in [0.1, 0.15) is 12.4 Å². The fourth-order valence-corrected chi connectivity index (χ4v) is 2.01. The first kappa shape index (κ1) is 16.0. The van der Waals surface area contributed by atoms with E-state index in [-0.39, 0.29) is 12.5 Å². The summed E-state index contributed by atoms with van der Waals surface area (Å²) in [7, 11) is 0. The molecule has 0 aliphatic heterocycles. The van der Waals surface area contributed by atoms with Crippen molar-refractivity contribution in [2.24, 2.45) is 0 Å². The first-order valence-electron chi connectivity index (χ1n) is 7.40. The Hall–Kier alpha value is -2.33. The second kappa shape index (κ2) is 8.85. The van der Waals surface area contributed by atoms with Crippen LogP contribution >= 0.6 is 0 Å². The van der Waals surface area contributed by atoms with E-state index >= 15 is 0 Å². The van der Waals surface area contributed by atoms with Gasteiger partial charge < -0.3 is 14.8 Å². The van der Waals surface area contributed by atoms with Crippen LogP contribution in [0.3, 0.4) is 0 Å². The zero-order valence-corrected chi connectivity index (χ0v) is 12.7. The zero-order valence-electron chi connectivity index (χ0n) is 12.7. The van der Waals surface area contributed by atoms with Gasteiger partial charge in [-0.15, -0.1) is 0 Å². The van der Waals surface area contributed by atoms with Crippen molar-refractivity contribution >= 4 is 5.97 Å². The summed E-state index contributed by atoms with van der Waals surface area (Å²) in [5.41, 5.74) is 2.20. The molecule has 0 aromatic heterocycles. The van der Waals surface area contributed by atoms with Crippen LogP contribution in [0.1, 0.15) is 18.1 Å². The molecule has 2 aromatic carbocycles. The van der Waals surface area contributed by atoms with Gasteiger partial charge in [-0.2, -0.15) is 0 Å². The van der Waals surface area contributed by atoms with E-state index in [2.05, 4.69) is 5.32 Å². The van der Waals surface area contributed by atoms with Crippen LogP contribution in [0.2, 0.25) is 0 Å². The average Bonchev–Trinajstić information content (AvgIpc) is 2.55. The van der Waals surface area contributed by atoms with Crippen molar-refractivity contribution in [2.75, 3.05) is 13.2 Å². The minimum atomic E-state index is -0.237. The maximum absolute atomic E-state index is 11.3. The van der Waals surface area contributed by atoms with Gasteiger partial charge in [0.2, 0.25) is 0 Å². The summed E-state index contributed by atoms with van der Waals surface area (Å²) >= 11 is 0. The van der Waals surface area contributed by atoms with Crippen LogP contribution in [0.15, 0.2) is 54.6 Å². The standard InChI is InChI=1S/C18H21NO3/c1-2-21-18(20)13-19-12-16-9-6-10-17(11-16)22-14-15-7-4-3-5-8-15/h3-11,19H,2,12-14H2,1H3. The molecule has 0 saturated carbocycles. The van der Waals surface area contributed by atoms with Gasteiger partial charge in [0.05, 0.1) is 13.2 Å². The van der Waals surface area contributed by atoms with E-state index in [1.54, 1.807) is 6.92 Å². The molecule has 1 N–H and O–H groups in total. The fraction of sp³-hybridized carbons (Fsp3) is 0.278. The summed E-state index contributed by atoms with van der Waals surface area (Å²) in [5.74, 6) is 0.582. The summed E-state index contributed by atoms with van der Waals surface area (Å²) in [4.78, 5) is 11.3. The van der Waals surface area contributed by atoms with Crippen LogP contribution in [0.4, 0.5) is 0 Å². The van der Waals surface area contributed by atoms with Gasteiger partial charge in [-0.05, 0) is 30.2 Å². The highest BCUT2D eigenvalue weighted by Crippen LogP contribution is 2.15. The molecule has 0 spiro atoms. The van der Waals surface area contributed by atoms with Crippen molar-refractivity contribution in [2.45, 2.75) is 20.1 Å². The number of esters is 1. The molecular weight excluding hydrogens is 278 g/mol. The van der Waals surface area contributed by atoms with Gasteiger partial charge in [-0.25, -0.2) is 0 Å². The smallest absolute Gasteiger partial charge is 0.319 e. The number of nitrogens with one attached hydrogen (secondary N) is 1. The third-order valence-corrected chi connectivity index (χ3v) is 3.05. The van der Waals surface area contributed by atoms with Crippen molar-refractivity contribution in [1.29, 1.82) is 0 Å². The lowest BCUT2D eigenvalue weighted by molar-refractivity contribution is -0.142. The van der Waals surface area contributed by atoms with Crippen molar-refractivity contribution < 1.29 is 14.3 Å². The molecule has 22 heavy (non-hydrogen) atoms. The fourth-order valence-electron chi connectivity index (χ4n) is 2.01. The number of rotatable bonds is 8. The molecule has 2 rings (SSSR count). The molecule has 0 saturated heterocycles. The molecule has 0 bridgehead atoms. The van der Waals surface area contributed by atoms with Gasteiger partial charge in [-0.1, -0.05) is 42.5 Å². The molecule has 0 aliphatic rings. The number of carbonyl (C=O) groups excluding carboxylic acids is 1. The topological polar surface area (TPSA) is 47.6 Å². The molecule has 4 heteroatoms. The monoisotopic (exact) mass is 299 g/mol. The van der Waals surface area contributed by atoms with E-state index in [0.717, 1.165) is 16.9 Å². The zero-order chi connectivity index (χ0) is 15.6. The van der Waals surface area contributed by atoms with Crippen molar-refractivity contribution in [3.05, 3.63) is 65.7 Å². The quantitative estimate of drug-likeness (QED) is 0.761. The maximum Gasteiger partial charge on any atom is 0.319 e. The molecule has 0 heterocycles. The number of hydrogen-bond donors (Lipinski definition) is 1. The van der Waals surface area contributed by atoms with E-state index < -0.39 is 0 Å². The molecular formula is C18H21NO3. The van der Waals surface area contributed by atoms with Gasteiger partial charge in [0.25, 0.3) is 0 Å². The third-order valence-electron chi connectivity index (χ3n) is 3.05. The average molecular weight is 299 g/mol. The van der Waals surface area contributed by atoms with Gasteiger partial charge in [0, 0.05) is 6.54 Å². The summed E-state index contributed by atoms with van der Waals surface area (Å²) in [6.45, 7) is 3.56. The van der Waals surface area contributed by atoms with E-state index in [9.17, 15) is 4.79 Å². The molecule has 0 radical (unpaired) electrons. The Morgan fingerprint density at radius 3 is 2.59 bits per heavy atom. The molecule has 0 atom stereocenters. The minimum Gasteiger partial charge on any atom is -0.489 e. The largest absolute Gasteiger partial charge is 0.489 e. The normalized spacial score (nSPS) is 10.2. The molecule has 116 valence electrons. The maximum atomic E-state index is 11.3. The summed E-state index contributed by atoms with van der Waals surface area (Å²) < 4.78 is 10.6. The van der Waals surface area contributed by atoms with Gasteiger partial charge in [-0.3, -0.25) is 4.79 Å². The van der Waals surface area contributed by atoms with Crippen molar-refractivity contribution in [3.63, 3.8) is 0 Å². The molecule has 0 fully saturated rings. The second-order valence-electron chi connectivity index (χ2n) is 4.83. The molecule has 0 amide bonds. The van der Waals surface area contributed by atoms with E-state index in [1.165, 1.54) is 0 Å². The van der Waals surface area contributed by atoms with E-state index in [0.29, 0.717) is 19.8 Å². The second-order valence-corrected chi connectivity index (χ2v) is 4.83. The Bertz CT molecular complexity index is 584. The first-order valence-corrected chi connectivity index (χ1v) is 7.40. The Labute approximate surface area is 131 Å². The number of ether oxygens (including phenoxy) is 2. The number of hydrogen-bond acceptors (Lipinski definition) is 4. The van der Waals surface area contributed by atoms with Crippen LogP contribution < -0.4 is 10.1 Å². The number of benzene rings is 2.